The molecule has 0 N–H and O–H groups in total. The van der Waals surface area contributed by atoms with Crippen LogP contribution in [0.1, 0.15) is 29.2 Å². The zero-order valence-corrected chi connectivity index (χ0v) is 16.4. The minimum absolute atomic E-state index is 0.831. The number of hydrogen-bond acceptors (Lipinski definition) is 2. The molecule has 0 aliphatic heterocycles. The van der Waals surface area contributed by atoms with Crippen molar-refractivity contribution in [1.82, 2.24) is 0 Å². The van der Waals surface area contributed by atoms with E-state index in [9.17, 15) is 0 Å². The van der Waals surface area contributed by atoms with E-state index in [4.69, 9.17) is 4.84 Å². The number of oxime groups is 1. The minimum Gasteiger partial charge on any atom is -0.374 e. The zero-order chi connectivity index (χ0) is 19.9. The van der Waals surface area contributed by atoms with Crippen LogP contribution in [0.3, 0.4) is 0 Å². The average Bonchev–Trinajstić information content (AvgIpc) is 2.82. The third-order valence-corrected chi connectivity index (χ3v) is 5.05. The Morgan fingerprint density at radius 3 is 1.28 bits per heavy atom. The molecular weight excluding hydrogens is 354 g/mol. The largest absolute Gasteiger partial charge is 0.374 e. The summed E-state index contributed by atoms with van der Waals surface area (Å²) in [5.74, 6) is 0. The summed E-state index contributed by atoms with van der Waals surface area (Å²) < 4.78 is 0. The van der Waals surface area contributed by atoms with Crippen molar-refractivity contribution in [1.29, 1.82) is 0 Å². The van der Waals surface area contributed by atoms with E-state index < -0.39 is 5.60 Å². The van der Waals surface area contributed by atoms with Crippen LogP contribution in [-0.4, -0.2) is 5.71 Å². The molecule has 4 aromatic carbocycles. The molecule has 0 atom stereocenters. The van der Waals surface area contributed by atoms with Crippen LogP contribution in [0.15, 0.2) is 126 Å². The van der Waals surface area contributed by atoms with E-state index >= 15 is 0 Å². The zero-order valence-electron chi connectivity index (χ0n) is 16.4. The lowest BCUT2D eigenvalue weighted by Crippen LogP contribution is -2.31. The lowest BCUT2D eigenvalue weighted by molar-refractivity contribution is 0.0172. The first kappa shape index (κ1) is 18.7. The van der Waals surface area contributed by atoms with Gasteiger partial charge in [-0.25, -0.2) is 0 Å². The molecule has 0 saturated carbocycles. The van der Waals surface area contributed by atoms with Crippen LogP contribution in [0, 0.1) is 0 Å². The van der Waals surface area contributed by atoms with Crippen molar-refractivity contribution in [2.24, 2.45) is 5.16 Å². The summed E-state index contributed by atoms with van der Waals surface area (Å²) in [6, 6.07) is 40.9. The molecule has 4 rings (SSSR count). The van der Waals surface area contributed by atoms with Gasteiger partial charge < -0.3 is 4.84 Å². The second-order valence-corrected chi connectivity index (χ2v) is 6.91. The Morgan fingerprint density at radius 1 is 0.552 bits per heavy atom. The Labute approximate surface area is 172 Å². The number of benzene rings is 4. The van der Waals surface area contributed by atoms with E-state index in [1.54, 1.807) is 0 Å². The van der Waals surface area contributed by atoms with Gasteiger partial charge in [0.2, 0.25) is 5.60 Å². The van der Waals surface area contributed by atoms with Gasteiger partial charge in [-0.3, -0.25) is 0 Å². The fraction of sp³-hybridized carbons (Fsp3) is 0.0741. The Bertz CT molecular complexity index is 962. The Morgan fingerprint density at radius 2 is 0.897 bits per heavy atom. The van der Waals surface area contributed by atoms with Crippen LogP contribution < -0.4 is 0 Å². The molecule has 0 fully saturated rings. The summed E-state index contributed by atoms with van der Waals surface area (Å²) in [6.45, 7) is 1.97. The molecule has 142 valence electrons. The molecule has 2 nitrogen and oxygen atoms in total. The lowest BCUT2D eigenvalue weighted by atomic mass is 9.80. The molecule has 0 spiro atoms. The predicted octanol–water partition coefficient (Wildman–Crippen LogP) is 6.42. The topological polar surface area (TPSA) is 21.6 Å². The normalized spacial score (nSPS) is 11.8. The molecule has 29 heavy (non-hydrogen) atoms. The van der Waals surface area contributed by atoms with Crippen molar-refractivity contribution in [3.8, 4) is 0 Å². The number of hydrogen-bond donors (Lipinski definition) is 0. The van der Waals surface area contributed by atoms with Crippen molar-refractivity contribution in [2.45, 2.75) is 12.5 Å². The van der Waals surface area contributed by atoms with Gasteiger partial charge in [-0.2, -0.15) is 0 Å². The highest BCUT2D eigenvalue weighted by Gasteiger charge is 2.39. The molecule has 0 radical (unpaired) electrons. The first-order valence-corrected chi connectivity index (χ1v) is 9.75. The Hall–Kier alpha value is -3.65. The first-order chi connectivity index (χ1) is 14.3. The molecule has 0 bridgehead atoms. The maximum Gasteiger partial charge on any atom is 0.212 e. The number of nitrogens with zero attached hydrogens (tertiary/aromatic N) is 1. The second kappa shape index (κ2) is 8.57. The lowest BCUT2D eigenvalue weighted by Gasteiger charge is -2.33. The molecule has 2 heteroatoms. The van der Waals surface area contributed by atoms with Crippen LogP contribution in [0.25, 0.3) is 0 Å². The van der Waals surface area contributed by atoms with E-state index in [2.05, 4.69) is 41.6 Å². The molecule has 0 amide bonds. The van der Waals surface area contributed by atoms with Crippen LogP contribution in [0.2, 0.25) is 0 Å². The smallest absolute Gasteiger partial charge is 0.212 e. The number of rotatable bonds is 6. The van der Waals surface area contributed by atoms with Gasteiger partial charge in [0.15, 0.2) is 0 Å². The summed E-state index contributed by atoms with van der Waals surface area (Å²) in [7, 11) is 0. The fourth-order valence-corrected chi connectivity index (χ4v) is 3.55. The van der Waals surface area contributed by atoms with Crippen molar-refractivity contribution < 1.29 is 4.84 Å². The van der Waals surface area contributed by atoms with Crippen LogP contribution in [0.5, 0.6) is 0 Å². The molecule has 0 aromatic heterocycles. The summed E-state index contributed by atoms with van der Waals surface area (Å²) in [5.41, 5.74) is 4.11. The minimum atomic E-state index is -0.847. The van der Waals surface area contributed by atoms with Gasteiger partial charge in [-0.05, 0) is 12.5 Å². The van der Waals surface area contributed by atoms with Crippen LogP contribution in [-0.2, 0) is 10.4 Å². The quantitative estimate of drug-likeness (QED) is 0.216. The molecule has 0 aliphatic carbocycles. The standard InChI is InChI=1S/C27H23NO/c1-22(23-14-6-2-7-15-23)28-29-27(24-16-8-3-9-17-24,25-18-10-4-11-19-25)26-20-12-5-13-21-26/h2-21H,1H3. The first-order valence-electron chi connectivity index (χ1n) is 9.75. The third-order valence-electron chi connectivity index (χ3n) is 5.05. The van der Waals surface area contributed by atoms with Crippen molar-refractivity contribution in [2.75, 3.05) is 0 Å². The molecule has 4 aromatic rings. The van der Waals surface area contributed by atoms with E-state index in [1.165, 1.54) is 0 Å². The van der Waals surface area contributed by atoms with E-state index in [-0.39, 0.29) is 0 Å². The maximum atomic E-state index is 6.49. The van der Waals surface area contributed by atoms with Gasteiger partial charge in [0, 0.05) is 16.7 Å². The van der Waals surface area contributed by atoms with Gasteiger partial charge in [-0.15, -0.1) is 0 Å². The SMILES string of the molecule is CC(=NOC(c1ccccc1)(c1ccccc1)c1ccccc1)c1ccccc1. The van der Waals surface area contributed by atoms with Crippen molar-refractivity contribution in [3.05, 3.63) is 144 Å². The fourth-order valence-electron chi connectivity index (χ4n) is 3.55. The molecule has 0 saturated heterocycles. The van der Waals surface area contributed by atoms with Gasteiger partial charge >= 0.3 is 0 Å². The van der Waals surface area contributed by atoms with Gasteiger partial charge in [-0.1, -0.05) is 126 Å². The van der Waals surface area contributed by atoms with E-state index in [0.717, 1.165) is 28.0 Å². The van der Waals surface area contributed by atoms with E-state index in [1.807, 2.05) is 91.9 Å². The summed E-state index contributed by atoms with van der Waals surface area (Å²) in [5, 5.41) is 4.61. The monoisotopic (exact) mass is 377 g/mol. The molecule has 0 aliphatic rings. The van der Waals surface area contributed by atoms with Gasteiger partial charge in [0.25, 0.3) is 0 Å². The van der Waals surface area contributed by atoms with Crippen LogP contribution in [0.4, 0.5) is 0 Å². The highest BCUT2D eigenvalue weighted by molar-refractivity contribution is 5.98. The summed E-state index contributed by atoms with van der Waals surface area (Å²) in [6.07, 6.45) is 0. The Kier molecular flexibility index (Phi) is 5.53. The van der Waals surface area contributed by atoms with Crippen molar-refractivity contribution in [3.63, 3.8) is 0 Å². The third kappa shape index (κ3) is 3.83. The summed E-state index contributed by atoms with van der Waals surface area (Å²) in [4.78, 5) is 6.49. The molecular formula is C27H23NO. The molecule has 0 unspecified atom stereocenters. The highest BCUT2D eigenvalue weighted by atomic mass is 16.6. The average molecular weight is 377 g/mol. The summed E-state index contributed by atoms with van der Waals surface area (Å²) >= 11 is 0. The van der Waals surface area contributed by atoms with Gasteiger partial charge in [0.05, 0.1) is 5.71 Å². The van der Waals surface area contributed by atoms with Crippen molar-refractivity contribution >= 4 is 5.71 Å². The van der Waals surface area contributed by atoms with Gasteiger partial charge in [0.1, 0.15) is 0 Å². The predicted molar refractivity (Wildman–Crippen MR) is 119 cm³/mol. The highest BCUT2D eigenvalue weighted by Crippen LogP contribution is 2.40. The van der Waals surface area contributed by atoms with E-state index in [0.29, 0.717) is 0 Å². The molecule has 0 heterocycles. The second-order valence-electron chi connectivity index (χ2n) is 6.91. The Balaban J connectivity index is 1.91. The van der Waals surface area contributed by atoms with Crippen LogP contribution >= 0.6 is 0 Å². The maximum absolute atomic E-state index is 6.49.